The molecule has 1 heterocycles. The molecule has 0 spiro atoms. The summed E-state index contributed by atoms with van der Waals surface area (Å²) in [6, 6.07) is 9.47. The number of rotatable bonds is 6. The van der Waals surface area contributed by atoms with Crippen LogP contribution in [0.4, 0.5) is 5.69 Å². The Hall–Kier alpha value is -1.02. The number of nitrogens with one attached hydrogen (secondary N) is 1. The molecule has 1 unspecified atom stereocenters. The normalized spacial score (nSPS) is 18.8. The minimum atomic E-state index is 0.555. The van der Waals surface area contributed by atoms with Gasteiger partial charge in [-0.05, 0) is 37.4 Å². The van der Waals surface area contributed by atoms with Gasteiger partial charge in [0.2, 0.25) is 0 Å². The molecule has 0 saturated heterocycles. The first-order valence-corrected chi connectivity index (χ1v) is 7.44. The highest BCUT2D eigenvalue weighted by Crippen LogP contribution is 2.33. The highest BCUT2D eigenvalue weighted by molar-refractivity contribution is 5.56. The molecule has 2 nitrogen and oxygen atoms in total. The standard InChI is InChI=1S/C16H26N2/c1-3-5-12-18-13-10-15(17-11-4-2)14-8-6-7-9-16(14)18/h6-9,15,17H,3-5,10-13H2,1-2H3. The van der Waals surface area contributed by atoms with E-state index in [0.717, 1.165) is 6.54 Å². The second-order valence-corrected chi connectivity index (χ2v) is 5.19. The summed E-state index contributed by atoms with van der Waals surface area (Å²) in [6.07, 6.45) is 5.01. The highest BCUT2D eigenvalue weighted by atomic mass is 15.1. The van der Waals surface area contributed by atoms with E-state index in [-0.39, 0.29) is 0 Å². The van der Waals surface area contributed by atoms with Gasteiger partial charge in [-0.2, -0.15) is 0 Å². The van der Waals surface area contributed by atoms with Crippen LogP contribution in [0.2, 0.25) is 0 Å². The molecule has 2 rings (SSSR count). The summed E-state index contributed by atoms with van der Waals surface area (Å²) in [5.74, 6) is 0. The van der Waals surface area contributed by atoms with Crippen LogP contribution in [-0.2, 0) is 0 Å². The number of hydrogen-bond acceptors (Lipinski definition) is 2. The minimum Gasteiger partial charge on any atom is -0.371 e. The summed E-state index contributed by atoms with van der Waals surface area (Å²) in [6.45, 7) is 8.01. The Balaban J connectivity index is 2.12. The zero-order valence-electron chi connectivity index (χ0n) is 11.8. The lowest BCUT2D eigenvalue weighted by Gasteiger charge is -2.36. The van der Waals surface area contributed by atoms with Crippen molar-refractivity contribution in [1.82, 2.24) is 5.32 Å². The monoisotopic (exact) mass is 246 g/mol. The van der Waals surface area contributed by atoms with Crippen molar-refractivity contribution in [2.24, 2.45) is 0 Å². The van der Waals surface area contributed by atoms with Gasteiger partial charge in [-0.3, -0.25) is 0 Å². The van der Waals surface area contributed by atoms with Crippen molar-refractivity contribution in [3.8, 4) is 0 Å². The summed E-state index contributed by atoms with van der Waals surface area (Å²) in [7, 11) is 0. The van der Waals surface area contributed by atoms with Crippen molar-refractivity contribution < 1.29 is 0 Å². The Morgan fingerprint density at radius 3 is 2.83 bits per heavy atom. The van der Waals surface area contributed by atoms with E-state index >= 15 is 0 Å². The first kappa shape index (κ1) is 13.4. The Morgan fingerprint density at radius 2 is 2.06 bits per heavy atom. The van der Waals surface area contributed by atoms with E-state index in [0.29, 0.717) is 6.04 Å². The van der Waals surface area contributed by atoms with Crippen LogP contribution in [-0.4, -0.2) is 19.6 Å². The van der Waals surface area contributed by atoms with Crippen LogP contribution in [0.5, 0.6) is 0 Å². The third-order valence-corrected chi connectivity index (χ3v) is 3.76. The highest BCUT2D eigenvalue weighted by Gasteiger charge is 2.23. The average molecular weight is 246 g/mol. The van der Waals surface area contributed by atoms with Gasteiger partial charge in [0.1, 0.15) is 0 Å². The molecular formula is C16H26N2. The summed E-state index contributed by atoms with van der Waals surface area (Å²) in [5, 5.41) is 3.68. The second kappa shape index (κ2) is 6.79. The summed E-state index contributed by atoms with van der Waals surface area (Å²) in [4.78, 5) is 2.56. The molecule has 0 bridgehead atoms. The van der Waals surface area contributed by atoms with Gasteiger partial charge in [-0.1, -0.05) is 38.5 Å². The molecule has 1 aliphatic rings. The molecule has 0 aromatic heterocycles. The lowest BCUT2D eigenvalue weighted by atomic mass is 9.96. The largest absolute Gasteiger partial charge is 0.371 e. The number of nitrogens with zero attached hydrogens (tertiary/aromatic N) is 1. The fraction of sp³-hybridized carbons (Fsp3) is 0.625. The molecule has 1 N–H and O–H groups in total. The molecule has 1 atom stereocenters. The van der Waals surface area contributed by atoms with Crippen molar-refractivity contribution in [3.05, 3.63) is 29.8 Å². The average Bonchev–Trinajstić information content (AvgIpc) is 2.43. The maximum absolute atomic E-state index is 3.68. The Kier molecular flexibility index (Phi) is 5.06. The van der Waals surface area contributed by atoms with Crippen molar-refractivity contribution in [2.75, 3.05) is 24.5 Å². The molecule has 1 aliphatic heterocycles. The van der Waals surface area contributed by atoms with Crippen LogP contribution in [0.15, 0.2) is 24.3 Å². The van der Waals surface area contributed by atoms with Gasteiger partial charge in [0, 0.05) is 24.8 Å². The first-order valence-electron chi connectivity index (χ1n) is 7.44. The van der Waals surface area contributed by atoms with Gasteiger partial charge in [0.15, 0.2) is 0 Å². The third-order valence-electron chi connectivity index (χ3n) is 3.76. The predicted octanol–water partition coefficient (Wildman–Crippen LogP) is 3.74. The maximum atomic E-state index is 3.68. The molecule has 1 aromatic rings. The lowest BCUT2D eigenvalue weighted by molar-refractivity contribution is 0.475. The van der Waals surface area contributed by atoms with Gasteiger partial charge < -0.3 is 10.2 Å². The summed E-state index contributed by atoms with van der Waals surface area (Å²) < 4.78 is 0. The van der Waals surface area contributed by atoms with Crippen molar-refractivity contribution >= 4 is 5.69 Å². The number of fused-ring (bicyclic) bond motifs is 1. The van der Waals surface area contributed by atoms with E-state index in [2.05, 4.69) is 48.3 Å². The SMILES string of the molecule is CCCCN1CCC(NCCC)c2ccccc21. The van der Waals surface area contributed by atoms with E-state index in [1.165, 1.54) is 50.0 Å². The van der Waals surface area contributed by atoms with Crippen LogP contribution in [0.3, 0.4) is 0 Å². The molecule has 0 saturated carbocycles. The topological polar surface area (TPSA) is 15.3 Å². The van der Waals surface area contributed by atoms with Gasteiger partial charge in [-0.15, -0.1) is 0 Å². The number of unbranched alkanes of at least 4 members (excludes halogenated alkanes) is 1. The van der Waals surface area contributed by atoms with Gasteiger partial charge >= 0.3 is 0 Å². The molecular weight excluding hydrogens is 220 g/mol. The molecule has 0 fully saturated rings. The number of benzene rings is 1. The smallest absolute Gasteiger partial charge is 0.0414 e. The van der Waals surface area contributed by atoms with E-state index in [9.17, 15) is 0 Å². The van der Waals surface area contributed by atoms with Crippen molar-refractivity contribution in [3.63, 3.8) is 0 Å². The van der Waals surface area contributed by atoms with Gasteiger partial charge in [-0.25, -0.2) is 0 Å². The molecule has 1 aromatic carbocycles. The van der Waals surface area contributed by atoms with Crippen LogP contribution < -0.4 is 10.2 Å². The molecule has 100 valence electrons. The first-order chi connectivity index (χ1) is 8.86. The summed E-state index contributed by atoms with van der Waals surface area (Å²) in [5.41, 5.74) is 2.94. The Labute approximate surface area is 111 Å². The lowest BCUT2D eigenvalue weighted by Crippen LogP contribution is -2.36. The fourth-order valence-corrected chi connectivity index (χ4v) is 2.74. The van der Waals surface area contributed by atoms with Crippen LogP contribution >= 0.6 is 0 Å². The predicted molar refractivity (Wildman–Crippen MR) is 79.2 cm³/mol. The molecule has 0 aliphatic carbocycles. The number of anilines is 1. The molecule has 18 heavy (non-hydrogen) atoms. The minimum absolute atomic E-state index is 0.555. The zero-order valence-corrected chi connectivity index (χ0v) is 11.8. The molecule has 2 heteroatoms. The fourth-order valence-electron chi connectivity index (χ4n) is 2.74. The van der Waals surface area contributed by atoms with E-state index in [4.69, 9.17) is 0 Å². The Morgan fingerprint density at radius 1 is 1.22 bits per heavy atom. The van der Waals surface area contributed by atoms with Gasteiger partial charge in [0.05, 0.1) is 0 Å². The zero-order chi connectivity index (χ0) is 12.8. The maximum Gasteiger partial charge on any atom is 0.0414 e. The van der Waals surface area contributed by atoms with Crippen LogP contribution in [0.25, 0.3) is 0 Å². The van der Waals surface area contributed by atoms with Crippen molar-refractivity contribution in [1.29, 1.82) is 0 Å². The number of para-hydroxylation sites is 1. The van der Waals surface area contributed by atoms with E-state index in [1.807, 2.05) is 0 Å². The Bertz CT molecular complexity index is 327. The van der Waals surface area contributed by atoms with Crippen LogP contribution in [0, 0.1) is 0 Å². The molecule has 0 radical (unpaired) electrons. The van der Waals surface area contributed by atoms with E-state index in [1.54, 1.807) is 0 Å². The quantitative estimate of drug-likeness (QED) is 0.822. The van der Waals surface area contributed by atoms with Gasteiger partial charge in [0.25, 0.3) is 0 Å². The molecule has 0 amide bonds. The summed E-state index contributed by atoms with van der Waals surface area (Å²) >= 11 is 0. The second-order valence-electron chi connectivity index (χ2n) is 5.19. The van der Waals surface area contributed by atoms with Crippen LogP contribution in [0.1, 0.15) is 51.1 Å². The third kappa shape index (κ3) is 3.05. The van der Waals surface area contributed by atoms with Crippen molar-refractivity contribution in [2.45, 2.75) is 45.6 Å². The van der Waals surface area contributed by atoms with E-state index < -0.39 is 0 Å². The number of hydrogen-bond donors (Lipinski definition) is 1.